The number of likely N-dealkylation sites (tertiary alicyclic amines) is 1. The topological polar surface area (TPSA) is 137 Å². The Bertz CT molecular complexity index is 635. The molecule has 3 amide bonds. The first-order chi connectivity index (χ1) is 14.7. The summed E-state index contributed by atoms with van der Waals surface area (Å²) in [6.07, 6.45) is 2.16. The summed E-state index contributed by atoms with van der Waals surface area (Å²) in [6, 6.07) is 0. The Labute approximate surface area is 183 Å². The van der Waals surface area contributed by atoms with Crippen LogP contribution in [0.5, 0.6) is 0 Å². The highest BCUT2D eigenvalue weighted by Gasteiger charge is 2.30. The number of ether oxygens (including phenoxy) is 1. The molecule has 0 aromatic carbocycles. The number of carbonyl (C=O) groups is 4. The second-order valence-electron chi connectivity index (χ2n) is 8.67. The molecule has 4 N–H and O–H groups in total. The van der Waals surface area contributed by atoms with Crippen molar-refractivity contribution in [1.29, 1.82) is 0 Å². The molecule has 2 rings (SSSR count). The van der Waals surface area contributed by atoms with E-state index < -0.39 is 30.6 Å². The third kappa shape index (κ3) is 9.12. The SMILES string of the molecule is CC(C)OC(=O)N[C@H](CC(=O)O)NC(=O)[C@@H]1CCCN(C(=O)CCC2CCNCC2)C1. The molecule has 2 aliphatic heterocycles. The first-order valence-electron chi connectivity index (χ1n) is 11.2. The van der Waals surface area contributed by atoms with Gasteiger partial charge in [-0.15, -0.1) is 0 Å². The summed E-state index contributed by atoms with van der Waals surface area (Å²) >= 11 is 0. The first kappa shape index (κ1) is 24.9. The predicted octanol–water partition coefficient (Wildman–Crippen LogP) is 1.06. The van der Waals surface area contributed by atoms with Crippen molar-refractivity contribution in [1.82, 2.24) is 20.9 Å². The first-order valence-corrected chi connectivity index (χ1v) is 11.2. The van der Waals surface area contributed by atoms with Crippen LogP contribution < -0.4 is 16.0 Å². The molecule has 176 valence electrons. The molecule has 0 aromatic rings. The molecule has 31 heavy (non-hydrogen) atoms. The number of nitrogens with zero attached hydrogens (tertiary/aromatic N) is 1. The van der Waals surface area contributed by atoms with E-state index in [-0.39, 0.29) is 17.9 Å². The van der Waals surface area contributed by atoms with Gasteiger partial charge in [0.15, 0.2) is 0 Å². The maximum atomic E-state index is 12.7. The number of piperidine rings is 2. The lowest BCUT2D eigenvalue weighted by molar-refractivity contribution is -0.138. The van der Waals surface area contributed by atoms with Crippen molar-refractivity contribution in [2.75, 3.05) is 26.2 Å². The lowest BCUT2D eigenvalue weighted by atomic mass is 9.92. The fraction of sp³-hybridized carbons (Fsp3) is 0.810. The number of aliphatic carboxylic acids is 1. The maximum Gasteiger partial charge on any atom is 0.409 e. The van der Waals surface area contributed by atoms with Crippen molar-refractivity contribution in [3.63, 3.8) is 0 Å². The zero-order valence-electron chi connectivity index (χ0n) is 18.5. The lowest BCUT2D eigenvalue weighted by Crippen LogP contribution is -2.53. The molecule has 0 unspecified atom stereocenters. The molecule has 0 aliphatic carbocycles. The Morgan fingerprint density at radius 3 is 2.48 bits per heavy atom. The van der Waals surface area contributed by atoms with Gasteiger partial charge in [-0.1, -0.05) is 0 Å². The normalized spacial score (nSPS) is 20.7. The summed E-state index contributed by atoms with van der Waals surface area (Å²) in [5, 5.41) is 17.4. The zero-order valence-corrected chi connectivity index (χ0v) is 18.5. The number of carboxylic acid groups (broad SMARTS) is 1. The Balaban J connectivity index is 1.85. The average molecular weight is 441 g/mol. The molecule has 2 fully saturated rings. The molecule has 10 nitrogen and oxygen atoms in total. The number of amides is 3. The molecular weight excluding hydrogens is 404 g/mol. The van der Waals surface area contributed by atoms with Crippen molar-refractivity contribution >= 4 is 23.9 Å². The molecule has 0 bridgehead atoms. The third-order valence-electron chi connectivity index (χ3n) is 5.70. The molecule has 10 heteroatoms. The monoisotopic (exact) mass is 440 g/mol. The van der Waals surface area contributed by atoms with E-state index in [1.807, 2.05) is 0 Å². The van der Waals surface area contributed by atoms with Gasteiger partial charge in [0, 0.05) is 19.5 Å². The highest BCUT2D eigenvalue weighted by atomic mass is 16.6. The minimum atomic E-state index is -1.16. The van der Waals surface area contributed by atoms with Gasteiger partial charge in [-0.25, -0.2) is 4.79 Å². The highest BCUT2D eigenvalue weighted by Crippen LogP contribution is 2.21. The van der Waals surface area contributed by atoms with Crippen LogP contribution in [0.3, 0.4) is 0 Å². The summed E-state index contributed by atoms with van der Waals surface area (Å²) in [5.74, 6) is -1.32. The molecule has 0 saturated carbocycles. The second-order valence-corrected chi connectivity index (χ2v) is 8.67. The van der Waals surface area contributed by atoms with Crippen LogP contribution in [0.2, 0.25) is 0 Å². The standard InChI is InChI=1S/C21H36N4O6/c1-14(2)31-21(30)24-17(12-19(27)28)23-20(29)16-4-3-11-25(13-16)18(26)6-5-15-7-9-22-10-8-15/h14-17,22H,3-13H2,1-2H3,(H,23,29)(H,24,30)(H,27,28)/t16-,17-/m1/s1. The van der Waals surface area contributed by atoms with Crippen LogP contribution in [0.15, 0.2) is 0 Å². The fourth-order valence-electron chi connectivity index (χ4n) is 4.07. The Morgan fingerprint density at radius 2 is 1.84 bits per heavy atom. The van der Waals surface area contributed by atoms with Crippen molar-refractivity contribution in [2.24, 2.45) is 11.8 Å². The summed E-state index contributed by atoms with van der Waals surface area (Å²) < 4.78 is 4.96. The summed E-state index contributed by atoms with van der Waals surface area (Å²) in [6.45, 7) is 6.29. The van der Waals surface area contributed by atoms with E-state index in [0.29, 0.717) is 38.3 Å². The zero-order chi connectivity index (χ0) is 22.8. The minimum Gasteiger partial charge on any atom is -0.481 e. The van der Waals surface area contributed by atoms with E-state index >= 15 is 0 Å². The predicted molar refractivity (Wildman–Crippen MR) is 113 cm³/mol. The maximum absolute atomic E-state index is 12.7. The number of carbonyl (C=O) groups excluding carboxylic acids is 3. The van der Waals surface area contributed by atoms with Crippen LogP contribution in [-0.4, -0.2) is 72.3 Å². The van der Waals surface area contributed by atoms with E-state index in [1.165, 1.54) is 0 Å². The number of hydrogen-bond donors (Lipinski definition) is 4. The van der Waals surface area contributed by atoms with Gasteiger partial charge in [0.05, 0.1) is 18.4 Å². The number of nitrogens with one attached hydrogen (secondary N) is 3. The van der Waals surface area contributed by atoms with Crippen LogP contribution >= 0.6 is 0 Å². The van der Waals surface area contributed by atoms with E-state index in [1.54, 1.807) is 18.7 Å². The Kier molecular flexibility index (Phi) is 10.0. The van der Waals surface area contributed by atoms with Gasteiger partial charge < -0.3 is 30.7 Å². The van der Waals surface area contributed by atoms with Gasteiger partial charge in [-0.05, 0) is 65.0 Å². The summed E-state index contributed by atoms with van der Waals surface area (Å²) in [5.41, 5.74) is 0. The number of alkyl carbamates (subject to hydrolysis) is 1. The van der Waals surface area contributed by atoms with Crippen LogP contribution in [0.4, 0.5) is 4.79 Å². The molecule has 2 heterocycles. The van der Waals surface area contributed by atoms with Crippen LogP contribution in [-0.2, 0) is 19.1 Å². The minimum absolute atomic E-state index is 0.0664. The third-order valence-corrected chi connectivity index (χ3v) is 5.70. The van der Waals surface area contributed by atoms with E-state index in [4.69, 9.17) is 9.84 Å². The molecule has 0 aromatic heterocycles. The van der Waals surface area contributed by atoms with Crippen LogP contribution in [0, 0.1) is 11.8 Å². The van der Waals surface area contributed by atoms with Crippen molar-refractivity contribution in [3.8, 4) is 0 Å². The quantitative estimate of drug-likeness (QED) is 0.393. The van der Waals surface area contributed by atoms with Gasteiger partial charge in [-0.2, -0.15) is 0 Å². The average Bonchev–Trinajstić information content (AvgIpc) is 2.71. The van der Waals surface area contributed by atoms with E-state index in [9.17, 15) is 19.2 Å². The molecule has 2 saturated heterocycles. The van der Waals surface area contributed by atoms with Crippen molar-refractivity contribution in [3.05, 3.63) is 0 Å². The van der Waals surface area contributed by atoms with Crippen LogP contribution in [0.25, 0.3) is 0 Å². The number of hydrogen-bond acceptors (Lipinski definition) is 6. The smallest absolute Gasteiger partial charge is 0.409 e. The Morgan fingerprint density at radius 1 is 1.13 bits per heavy atom. The van der Waals surface area contributed by atoms with Gasteiger partial charge in [0.25, 0.3) is 0 Å². The molecule has 0 spiro atoms. The molecule has 2 aliphatic rings. The van der Waals surface area contributed by atoms with Crippen molar-refractivity contribution in [2.45, 2.75) is 71.1 Å². The summed E-state index contributed by atoms with van der Waals surface area (Å²) in [7, 11) is 0. The fourth-order valence-corrected chi connectivity index (χ4v) is 4.07. The summed E-state index contributed by atoms with van der Waals surface area (Å²) in [4.78, 5) is 50.0. The van der Waals surface area contributed by atoms with E-state index in [2.05, 4.69) is 16.0 Å². The van der Waals surface area contributed by atoms with Gasteiger partial charge in [-0.3, -0.25) is 14.4 Å². The number of rotatable bonds is 9. The molecular formula is C21H36N4O6. The second kappa shape index (κ2) is 12.5. The Hall–Kier alpha value is -2.36. The van der Waals surface area contributed by atoms with Crippen molar-refractivity contribution < 1.29 is 29.0 Å². The van der Waals surface area contributed by atoms with Crippen LogP contribution in [0.1, 0.15) is 58.8 Å². The molecule has 0 radical (unpaired) electrons. The highest BCUT2D eigenvalue weighted by molar-refractivity contribution is 5.82. The lowest BCUT2D eigenvalue weighted by Gasteiger charge is -2.33. The van der Waals surface area contributed by atoms with Gasteiger partial charge >= 0.3 is 12.1 Å². The number of carboxylic acids is 1. The largest absolute Gasteiger partial charge is 0.481 e. The molecule has 2 atom stereocenters. The van der Waals surface area contributed by atoms with E-state index in [0.717, 1.165) is 32.4 Å². The van der Waals surface area contributed by atoms with Gasteiger partial charge in [0.1, 0.15) is 6.17 Å². The van der Waals surface area contributed by atoms with Gasteiger partial charge in [0.2, 0.25) is 11.8 Å².